The first kappa shape index (κ1) is 15.5. The summed E-state index contributed by atoms with van der Waals surface area (Å²) in [4.78, 5) is 13.6. The lowest BCUT2D eigenvalue weighted by molar-refractivity contribution is -0.116. The molecule has 1 atom stereocenters. The topological polar surface area (TPSA) is 83.7 Å². The molecule has 1 aromatic rings. The van der Waals surface area contributed by atoms with Gasteiger partial charge in [0.2, 0.25) is 15.9 Å². The van der Waals surface area contributed by atoms with E-state index in [1.54, 1.807) is 17.0 Å². The number of amides is 1. The summed E-state index contributed by atoms with van der Waals surface area (Å²) in [6.45, 7) is 3.62. The average Bonchev–Trinajstić information content (AvgIpc) is 3.13. The quantitative estimate of drug-likeness (QED) is 0.881. The number of sulfonamides is 1. The van der Waals surface area contributed by atoms with Crippen LogP contribution in [0, 0.1) is 5.92 Å². The molecule has 1 amide bonds. The first-order valence-electron chi connectivity index (χ1n) is 7.54. The fourth-order valence-corrected chi connectivity index (χ4v) is 4.76. The smallest absolute Gasteiger partial charge is 0.243 e. The van der Waals surface area contributed by atoms with Crippen LogP contribution in [0.3, 0.4) is 0 Å². The molecule has 0 spiro atoms. The summed E-state index contributed by atoms with van der Waals surface area (Å²) >= 11 is 0. The molecule has 2 N–H and O–H groups in total. The molecule has 0 bridgehead atoms. The van der Waals surface area contributed by atoms with Gasteiger partial charge in [0.05, 0.1) is 4.90 Å². The van der Waals surface area contributed by atoms with Crippen LogP contribution in [-0.4, -0.2) is 44.8 Å². The van der Waals surface area contributed by atoms with Crippen LogP contribution in [0.4, 0.5) is 5.69 Å². The fraction of sp³-hybridized carbons (Fsp3) is 0.533. The molecule has 0 unspecified atom stereocenters. The van der Waals surface area contributed by atoms with Crippen molar-refractivity contribution in [1.82, 2.24) is 4.31 Å². The van der Waals surface area contributed by atoms with Crippen LogP contribution in [0.2, 0.25) is 0 Å². The molecular weight excluding hydrogens is 302 g/mol. The summed E-state index contributed by atoms with van der Waals surface area (Å²) in [6.07, 6.45) is 1.58. The van der Waals surface area contributed by atoms with E-state index in [2.05, 4.69) is 0 Å². The Kier molecular flexibility index (Phi) is 3.96. The summed E-state index contributed by atoms with van der Waals surface area (Å²) in [5, 5.41) is 0. The SMILES string of the molecule is CC(=O)N1CCc2ccc(S(=O)(=O)N3CC[C@H](CN)C3)cc21. The minimum Gasteiger partial charge on any atom is -0.330 e. The van der Waals surface area contributed by atoms with Gasteiger partial charge in [-0.1, -0.05) is 6.07 Å². The highest BCUT2D eigenvalue weighted by Crippen LogP contribution is 2.32. The Morgan fingerprint density at radius 1 is 1.36 bits per heavy atom. The number of nitrogens with zero attached hydrogens (tertiary/aromatic N) is 2. The number of anilines is 1. The predicted molar refractivity (Wildman–Crippen MR) is 84.1 cm³/mol. The van der Waals surface area contributed by atoms with Crippen LogP contribution in [0.25, 0.3) is 0 Å². The van der Waals surface area contributed by atoms with Crippen LogP contribution in [-0.2, 0) is 21.2 Å². The number of hydrogen-bond donors (Lipinski definition) is 1. The second-order valence-corrected chi connectivity index (χ2v) is 7.90. The maximum absolute atomic E-state index is 12.8. The van der Waals surface area contributed by atoms with Gasteiger partial charge in [0.1, 0.15) is 0 Å². The zero-order chi connectivity index (χ0) is 15.9. The van der Waals surface area contributed by atoms with E-state index in [4.69, 9.17) is 5.73 Å². The van der Waals surface area contributed by atoms with E-state index in [-0.39, 0.29) is 16.7 Å². The Morgan fingerprint density at radius 2 is 2.14 bits per heavy atom. The number of benzene rings is 1. The van der Waals surface area contributed by atoms with Crippen molar-refractivity contribution in [2.45, 2.75) is 24.7 Å². The van der Waals surface area contributed by atoms with Crippen molar-refractivity contribution < 1.29 is 13.2 Å². The van der Waals surface area contributed by atoms with Gasteiger partial charge in [-0.3, -0.25) is 4.79 Å². The first-order chi connectivity index (χ1) is 10.4. The number of nitrogens with two attached hydrogens (primary N) is 1. The normalized spacial score (nSPS) is 22.1. The molecule has 3 rings (SSSR count). The molecule has 1 aromatic carbocycles. The van der Waals surface area contributed by atoms with E-state index >= 15 is 0 Å². The zero-order valence-electron chi connectivity index (χ0n) is 12.7. The van der Waals surface area contributed by atoms with Gasteiger partial charge in [0.25, 0.3) is 0 Å². The largest absolute Gasteiger partial charge is 0.330 e. The van der Waals surface area contributed by atoms with Crippen molar-refractivity contribution >= 4 is 21.6 Å². The Hall–Kier alpha value is -1.44. The van der Waals surface area contributed by atoms with E-state index in [0.29, 0.717) is 26.2 Å². The predicted octanol–water partition coefficient (Wildman–Crippen LogP) is 0.565. The van der Waals surface area contributed by atoms with Gasteiger partial charge >= 0.3 is 0 Å². The van der Waals surface area contributed by atoms with E-state index in [0.717, 1.165) is 24.1 Å². The molecule has 0 aliphatic carbocycles. The fourth-order valence-electron chi connectivity index (χ4n) is 3.20. The Bertz CT molecular complexity index is 702. The summed E-state index contributed by atoms with van der Waals surface area (Å²) in [7, 11) is -3.51. The molecule has 1 saturated heterocycles. The standard InChI is InChI=1S/C15H21N3O3S/c1-11(19)18-7-5-13-2-3-14(8-15(13)18)22(20,21)17-6-4-12(9-16)10-17/h2-3,8,12H,4-7,9-10,16H2,1H3/t12-/m1/s1. The van der Waals surface area contributed by atoms with Crippen LogP contribution in [0.1, 0.15) is 18.9 Å². The highest BCUT2D eigenvalue weighted by molar-refractivity contribution is 7.89. The van der Waals surface area contributed by atoms with Crippen molar-refractivity contribution in [1.29, 1.82) is 0 Å². The van der Waals surface area contributed by atoms with E-state index < -0.39 is 10.0 Å². The summed E-state index contributed by atoms with van der Waals surface area (Å²) in [5.74, 6) is 0.176. The van der Waals surface area contributed by atoms with Gasteiger partial charge in [-0.25, -0.2) is 8.42 Å². The zero-order valence-corrected chi connectivity index (χ0v) is 13.5. The summed E-state index contributed by atoms with van der Waals surface area (Å²) < 4.78 is 27.0. The minimum atomic E-state index is -3.51. The maximum Gasteiger partial charge on any atom is 0.243 e. The van der Waals surface area contributed by atoms with E-state index in [1.807, 2.05) is 6.07 Å². The molecule has 2 aliphatic heterocycles. The number of carbonyl (C=O) groups excluding carboxylic acids is 1. The lowest BCUT2D eigenvalue weighted by Gasteiger charge is -2.19. The molecule has 0 radical (unpaired) electrons. The molecule has 2 heterocycles. The number of carbonyl (C=O) groups is 1. The van der Waals surface area contributed by atoms with Crippen molar-refractivity contribution in [2.24, 2.45) is 11.7 Å². The van der Waals surface area contributed by atoms with Crippen LogP contribution in [0.15, 0.2) is 23.1 Å². The third kappa shape index (κ3) is 2.53. The van der Waals surface area contributed by atoms with Crippen molar-refractivity contribution in [3.8, 4) is 0 Å². The lowest BCUT2D eigenvalue weighted by atomic mass is 10.1. The molecule has 1 fully saturated rings. The third-order valence-corrected chi connectivity index (χ3v) is 6.41. The maximum atomic E-state index is 12.8. The van der Waals surface area contributed by atoms with Gasteiger partial charge in [0.15, 0.2) is 0 Å². The second kappa shape index (κ2) is 5.64. The van der Waals surface area contributed by atoms with E-state index in [9.17, 15) is 13.2 Å². The third-order valence-electron chi connectivity index (χ3n) is 4.55. The van der Waals surface area contributed by atoms with Crippen LogP contribution >= 0.6 is 0 Å². The Balaban J connectivity index is 1.93. The van der Waals surface area contributed by atoms with Crippen molar-refractivity contribution in [3.63, 3.8) is 0 Å². The molecule has 2 aliphatic rings. The molecule has 0 aromatic heterocycles. The monoisotopic (exact) mass is 323 g/mol. The molecular formula is C15H21N3O3S. The van der Waals surface area contributed by atoms with E-state index in [1.165, 1.54) is 11.2 Å². The van der Waals surface area contributed by atoms with Crippen LogP contribution in [0.5, 0.6) is 0 Å². The number of rotatable bonds is 3. The van der Waals surface area contributed by atoms with Gasteiger partial charge in [-0.2, -0.15) is 4.31 Å². The summed E-state index contributed by atoms with van der Waals surface area (Å²) in [6, 6.07) is 5.10. The van der Waals surface area contributed by atoms with Crippen molar-refractivity contribution in [2.75, 3.05) is 31.1 Å². The van der Waals surface area contributed by atoms with Crippen LogP contribution < -0.4 is 10.6 Å². The lowest BCUT2D eigenvalue weighted by Crippen LogP contribution is -2.30. The molecule has 120 valence electrons. The van der Waals surface area contributed by atoms with Gasteiger partial charge < -0.3 is 10.6 Å². The van der Waals surface area contributed by atoms with Gasteiger partial charge in [-0.05, 0) is 43.0 Å². The molecule has 22 heavy (non-hydrogen) atoms. The number of hydrogen-bond acceptors (Lipinski definition) is 4. The average molecular weight is 323 g/mol. The van der Waals surface area contributed by atoms with Gasteiger partial charge in [0, 0.05) is 32.2 Å². The highest BCUT2D eigenvalue weighted by Gasteiger charge is 2.33. The van der Waals surface area contributed by atoms with Gasteiger partial charge in [-0.15, -0.1) is 0 Å². The Labute approximate surface area is 130 Å². The first-order valence-corrected chi connectivity index (χ1v) is 8.98. The second-order valence-electron chi connectivity index (χ2n) is 5.96. The Morgan fingerprint density at radius 3 is 2.77 bits per heavy atom. The molecule has 6 nitrogen and oxygen atoms in total. The molecule has 7 heteroatoms. The minimum absolute atomic E-state index is 0.0577. The number of fused-ring (bicyclic) bond motifs is 1. The van der Waals surface area contributed by atoms with Crippen molar-refractivity contribution in [3.05, 3.63) is 23.8 Å². The highest BCUT2D eigenvalue weighted by atomic mass is 32.2. The molecule has 0 saturated carbocycles. The summed E-state index contributed by atoms with van der Waals surface area (Å²) in [5.41, 5.74) is 7.39.